The van der Waals surface area contributed by atoms with Crippen LogP contribution in [-0.2, 0) is 0 Å². The summed E-state index contributed by atoms with van der Waals surface area (Å²) in [5.74, 6) is 8.64. The van der Waals surface area contributed by atoms with Crippen LogP contribution in [0.4, 0.5) is 0 Å². The minimum Gasteiger partial charge on any atom is -0.276 e. The summed E-state index contributed by atoms with van der Waals surface area (Å²) in [4.78, 5) is 40.4. The predicted molar refractivity (Wildman–Crippen MR) is 575 cm³/mol. The van der Waals surface area contributed by atoms with E-state index in [1.54, 1.807) is 0 Å². The van der Waals surface area contributed by atoms with E-state index in [0.717, 1.165) is 201 Å². The van der Waals surface area contributed by atoms with E-state index in [1.807, 2.05) is 24.3 Å². The molecule has 0 saturated heterocycles. The van der Waals surface area contributed by atoms with Crippen molar-refractivity contribution in [2.45, 2.75) is 87.0 Å². The normalized spacial score (nSPS) is 12.7. The Hall–Kier alpha value is -18.0. The Morgan fingerprint density at radius 1 is 0.184 bits per heavy atom. The van der Waals surface area contributed by atoms with Gasteiger partial charge in [0.05, 0.1) is 132 Å². The SMILES string of the molecule is CC(C)c1cc(-c2cc3c4c(c2)n2c5ccccc5nc2n4c2nc4ccccc4n32)cc(C(C)C)c1.Cc1cc(-c2cc3c4c(c2)n2c5ccccc5nc2n4c2nc4ccccc4n32)cc(C)c1C(C)C.Cc1cc(C)cc(-c2cc3c4c(c2)n2c5ccccc5nc2n4c2nc4ccccc4n32)c1.c1ccc2c(-c3cc4c5c(c3)n3c6ccccc6nc3n5c3nc5ccccc5n43)cccc2c1. The van der Waals surface area contributed by atoms with Gasteiger partial charge in [0, 0.05) is 0 Å². The maximum Gasteiger partial charge on any atom is 0.223 e. The molecule has 0 aliphatic rings. The first-order valence-corrected chi connectivity index (χ1v) is 48.6. The number of rotatable bonds is 7. The summed E-state index contributed by atoms with van der Waals surface area (Å²) in [5.41, 5.74) is 49.9. The van der Waals surface area contributed by atoms with Crippen molar-refractivity contribution >= 4 is 211 Å². The van der Waals surface area contributed by atoms with Crippen LogP contribution >= 0.6 is 0 Å². The van der Waals surface area contributed by atoms with E-state index in [9.17, 15) is 0 Å². The summed E-state index contributed by atoms with van der Waals surface area (Å²) < 4.78 is 27.2. The molecule has 0 spiro atoms. The second-order valence-electron chi connectivity index (χ2n) is 39.5. The third-order valence-corrected chi connectivity index (χ3v) is 29.8. The smallest absolute Gasteiger partial charge is 0.223 e. The average molecular weight is 1820 g/mol. The predicted octanol–water partition coefficient (Wildman–Crippen LogP) is 29.0. The molecule has 0 N–H and O–H groups in total. The van der Waals surface area contributed by atoms with Gasteiger partial charge in [-0.1, -0.05) is 241 Å². The largest absolute Gasteiger partial charge is 0.276 e. The number of aryl methyl sites for hydroxylation is 4. The summed E-state index contributed by atoms with van der Waals surface area (Å²) in [6.07, 6.45) is 0. The molecule has 141 heavy (non-hydrogen) atoms. The molecule has 16 heterocycles. The van der Waals surface area contributed by atoms with Gasteiger partial charge in [0.2, 0.25) is 46.2 Å². The van der Waals surface area contributed by atoms with Crippen molar-refractivity contribution in [3.63, 3.8) is 0 Å². The van der Waals surface area contributed by atoms with Crippen LogP contribution in [0.3, 0.4) is 0 Å². The zero-order valence-electron chi connectivity index (χ0n) is 78.9. The number of para-hydroxylation sites is 16. The molecular weight excluding hydrogens is 1730 g/mol. The van der Waals surface area contributed by atoms with E-state index < -0.39 is 0 Å². The minimum absolute atomic E-state index is 0.464. The number of aromatic nitrogens is 20. The molecule has 0 unspecified atom stereocenters. The number of imidazole rings is 16. The quantitative estimate of drug-likeness (QED) is 0.153. The lowest BCUT2D eigenvalue weighted by atomic mass is 9.89. The Labute approximate surface area is 803 Å². The molecule has 20 heteroatoms. The fraction of sp³-hybridized carbons (Fsp3) is 0.107. The highest BCUT2D eigenvalue weighted by molar-refractivity contribution is 6.12. The number of hydrogen-bond donors (Lipinski definition) is 0. The molecule has 20 nitrogen and oxygen atoms in total. The monoisotopic (exact) mass is 1820 g/mol. The molecule has 17 aromatic carbocycles. The zero-order valence-corrected chi connectivity index (χ0v) is 78.9. The topological polar surface area (TPSA) is 156 Å². The van der Waals surface area contributed by atoms with Crippen molar-refractivity contribution in [1.82, 2.24) is 92.7 Å². The number of hydrogen-bond acceptors (Lipinski definition) is 8. The molecule has 0 radical (unpaired) electrons. The lowest BCUT2D eigenvalue weighted by Crippen LogP contribution is -1.97. The molecule has 0 aliphatic heterocycles. The van der Waals surface area contributed by atoms with Crippen LogP contribution in [0.15, 0.2) is 334 Å². The molecule has 0 saturated carbocycles. The van der Waals surface area contributed by atoms with Crippen LogP contribution in [0.25, 0.3) is 256 Å². The van der Waals surface area contributed by atoms with E-state index in [2.05, 4.69) is 431 Å². The summed E-state index contributed by atoms with van der Waals surface area (Å²) in [6, 6.07) is 119. The maximum atomic E-state index is 5.08. The van der Waals surface area contributed by atoms with Crippen LogP contribution < -0.4 is 0 Å². The first kappa shape index (κ1) is 79.2. The average Bonchev–Trinajstić information content (AvgIpc) is 1.53. The molecule has 672 valence electrons. The van der Waals surface area contributed by atoms with Gasteiger partial charge in [0.15, 0.2) is 0 Å². The molecule has 0 fully saturated rings. The summed E-state index contributed by atoms with van der Waals surface area (Å²) >= 11 is 0. The van der Waals surface area contributed by atoms with Crippen molar-refractivity contribution in [1.29, 1.82) is 0 Å². The van der Waals surface area contributed by atoms with Gasteiger partial charge in [-0.3, -0.25) is 35.2 Å². The fourth-order valence-electron chi connectivity index (χ4n) is 23.9. The zero-order chi connectivity index (χ0) is 93.8. The lowest BCUT2D eigenvalue weighted by Gasteiger charge is -2.16. The van der Waals surface area contributed by atoms with Crippen molar-refractivity contribution in [2.24, 2.45) is 0 Å². The summed E-state index contributed by atoms with van der Waals surface area (Å²) in [6.45, 7) is 22.4. The number of nitrogens with zero attached hydrogens (tertiary/aromatic N) is 20. The molecule has 16 aromatic heterocycles. The minimum atomic E-state index is 0.464. The van der Waals surface area contributed by atoms with Gasteiger partial charge in [-0.05, 0) is 274 Å². The van der Waals surface area contributed by atoms with Gasteiger partial charge < -0.3 is 0 Å². The number of benzene rings is 17. The Morgan fingerprint density at radius 2 is 0.411 bits per heavy atom. The Morgan fingerprint density at radius 3 is 0.681 bits per heavy atom. The van der Waals surface area contributed by atoms with Crippen LogP contribution in [0.5, 0.6) is 0 Å². The standard InChI is InChI=1S/C32H27N5.C31H25N5.C30H17N5.C28H19N5/c1-18(2)20-13-21(19(3)4)15-22(14-20)23-16-28-30-29(17-23)36-27-12-8-6-10-25(27)34-32(36)37(30)31-33-24-9-5-7-11-26(24)35(28)31;1-17(2)28-18(3)13-20(14-19(28)4)21-15-26-29-27(16-21)35-25-12-8-6-10-23(25)33-31(35)36(29)30-32-22-9-5-7-11-24(22)34(26)30;1-2-10-20-18(8-1)9-7-11-21(20)19-16-26-28-27(17-19)34-25-15-6-4-13-23(25)32-30(34)35(28)29-31-22-12-3-5-14-24(22)33(26)29;1-16-11-17(2)13-18(12-16)19-14-24-26-25(15-19)32-23-10-6-4-8-21(23)30-28(32)33(26)27-29-20-7-3-5-9-22(20)31(24)27/h5-19H,1-4H3;5-17H,1-4H3;1-17H;3-15H,1-2H3. The van der Waals surface area contributed by atoms with Crippen LogP contribution in [0, 0.1) is 27.7 Å². The highest BCUT2D eigenvalue weighted by Crippen LogP contribution is 2.46. The summed E-state index contributed by atoms with van der Waals surface area (Å²) in [5, 5.41) is 2.49. The van der Waals surface area contributed by atoms with Crippen molar-refractivity contribution < 1.29 is 0 Å². The highest BCUT2D eigenvalue weighted by atomic mass is 15.3. The Bertz CT molecular complexity index is 10600. The van der Waals surface area contributed by atoms with Crippen molar-refractivity contribution in [3.8, 4) is 44.5 Å². The maximum absolute atomic E-state index is 5.08. The third kappa shape index (κ3) is 11.0. The van der Waals surface area contributed by atoms with E-state index >= 15 is 0 Å². The third-order valence-electron chi connectivity index (χ3n) is 29.8. The first-order valence-electron chi connectivity index (χ1n) is 48.6. The molecule has 0 atom stereocenters. The van der Waals surface area contributed by atoms with E-state index in [-0.39, 0.29) is 0 Å². The molecule has 33 aromatic rings. The van der Waals surface area contributed by atoms with E-state index in [1.165, 1.54) is 94.2 Å². The molecule has 0 amide bonds. The molecule has 33 rings (SSSR count). The Balaban J connectivity index is 0.0000000882. The highest BCUT2D eigenvalue weighted by Gasteiger charge is 2.32. The molecular formula is C121H88N20. The fourth-order valence-corrected chi connectivity index (χ4v) is 23.9. The van der Waals surface area contributed by atoms with Crippen LogP contribution in [0.2, 0.25) is 0 Å². The molecule has 0 aliphatic carbocycles. The van der Waals surface area contributed by atoms with Crippen LogP contribution in [-0.4, -0.2) is 92.7 Å². The second-order valence-corrected chi connectivity index (χ2v) is 39.5. The van der Waals surface area contributed by atoms with E-state index in [0.29, 0.717) is 17.8 Å². The van der Waals surface area contributed by atoms with Crippen molar-refractivity contribution in [3.05, 3.63) is 373 Å². The van der Waals surface area contributed by atoms with Gasteiger partial charge in [0.1, 0.15) is 22.1 Å². The molecule has 0 bridgehead atoms. The van der Waals surface area contributed by atoms with E-state index in [4.69, 9.17) is 39.9 Å². The number of fused-ring (bicyclic) bond motifs is 41. The lowest BCUT2D eigenvalue weighted by molar-refractivity contribution is 0.834. The summed E-state index contributed by atoms with van der Waals surface area (Å²) in [7, 11) is 0. The van der Waals surface area contributed by atoms with Crippen LogP contribution in [0.1, 0.15) is 98.2 Å². The van der Waals surface area contributed by atoms with Gasteiger partial charge in [0.25, 0.3) is 0 Å². The van der Waals surface area contributed by atoms with Gasteiger partial charge >= 0.3 is 0 Å². The van der Waals surface area contributed by atoms with Gasteiger partial charge in [-0.2, -0.15) is 0 Å². The second kappa shape index (κ2) is 28.8. The van der Waals surface area contributed by atoms with Crippen molar-refractivity contribution in [2.75, 3.05) is 0 Å². The first-order chi connectivity index (χ1) is 69.0. The Kier molecular flexibility index (Phi) is 16.2. The van der Waals surface area contributed by atoms with Gasteiger partial charge in [-0.15, -0.1) is 0 Å². The van der Waals surface area contributed by atoms with Gasteiger partial charge in [-0.25, -0.2) is 57.5 Å².